The predicted molar refractivity (Wildman–Crippen MR) is 124 cm³/mol. The summed E-state index contributed by atoms with van der Waals surface area (Å²) in [7, 11) is 0. The molecule has 2 aromatic carbocycles. The zero-order valence-corrected chi connectivity index (χ0v) is 18.8. The number of fused-ring (bicyclic) bond motifs is 1. The Bertz CT molecular complexity index is 926. The van der Waals surface area contributed by atoms with E-state index in [2.05, 4.69) is 16.0 Å². The lowest BCUT2D eigenvalue weighted by Gasteiger charge is -2.25. The lowest BCUT2D eigenvalue weighted by Crippen LogP contribution is -2.56. The van der Waals surface area contributed by atoms with Gasteiger partial charge in [0.1, 0.15) is 12.1 Å². The molecule has 0 spiro atoms. The van der Waals surface area contributed by atoms with Crippen molar-refractivity contribution in [2.24, 2.45) is 11.7 Å². The first kappa shape index (κ1) is 26.6. The molecule has 0 fully saturated rings. The summed E-state index contributed by atoms with van der Waals surface area (Å²) in [5.74, 6) is -1.29. The molecule has 0 radical (unpaired) electrons. The molecular weight excluding hydrogens is 412 g/mol. The van der Waals surface area contributed by atoms with Gasteiger partial charge in [-0.2, -0.15) is 0 Å². The predicted octanol–water partition coefficient (Wildman–Crippen LogP) is 1.86. The van der Waals surface area contributed by atoms with Gasteiger partial charge in [-0.25, -0.2) is 0 Å². The molecular formula is C23H32N4O5. The standard InChI is InChI=1S/C22H30N4O3.CH2O2/c1-5-17(23)21(28)26-19(13(2)3)22(29)24-14(4)20(27)25-18-12-8-10-15-9-6-7-11-16(15)18;2-1-3/h6-14,17,19H,5,23H2,1-4H3,(H,24,29)(H,25,27)(H,26,28);1H,(H,2,3)/t14-,17-,19-;/m0./s1. The first-order chi connectivity index (χ1) is 15.2. The molecule has 2 rings (SSSR count). The van der Waals surface area contributed by atoms with Gasteiger partial charge < -0.3 is 26.8 Å². The van der Waals surface area contributed by atoms with Crippen molar-refractivity contribution in [3.8, 4) is 0 Å². The van der Waals surface area contributed by atoms with E-state index in [0.717, 1.165) is 10.8 Å². The van der Waals surface area contributed by atoms with Crippen LogP contribution >= 0.6 is 0 Å². The number of benzene rings is 2. The summed E-state index contributed by atoms with van der Waals surface area (Å²) >= 11 is 0. The number of carbonyl (C=O) groups excluding carboxylic acids is 3. The highest BCUT2D eigenvalue weighted by Gasteiger charge is 2.28. The Balaban J connectivity index is 0.00000161. The molecule has 0 saturated carbocycles. The summed E-state index contributed by atoms with van der Waals surface area (Å²) in [5, 5.41) is 17.0. The first-order valence-corrected chi connectivity index (χ1v) is 10.4. The van der Waals surface area contributed by atoms with Gasteiger partial charge in [-0.15, -0.1) is 0 Å². The van der Waals surface area contributed by atoms with Gasteiger partial charge in [-0.1, -0.05) is 57.2 Å². The third-order valence-corrected chi connectivity index (χ3v) is 4.82. The quantitative estimate of drug-likeness (QED) is 0.392. The minimum absolute atomic E-state index is 0.156. The molecule has 0 aromatic heterocycles. The molecule has 0 saturated heterocycles. The number of carbonyl (C=O) groups is 4. The highest BCUT2D eigenvalue weighted by Crippen LogP contribution is 2.23. The number of nitrogens with two attached hydrogens (primary N) is 1. The molecule has 32 heavy (non-hydrogen) atoms. The Morgan fingerprint density at radius 3 is 2.16 bits per heavy atom. The minimum atomic E-state index is -0.778. The Morgan fingerprint density at radius 2 is 1.56 bits per heavy atom. The van der Waals surface area contributed by atoms with Gasteiger partial charge in [-0.05, 0) is 30.7 Å². The average Bonchev–Trinajstić information content (AvgIpc) is 2.77. The number of hydrogen-bond donors (Lipinski definition) is 5. The van der Waals surface area contributed by atoms with E-state index in [4.69, 9.17) is 15.6 Å². The van der Waals surface area contributed by atoms with Crippen LogP contribution in [0, 0.1) is 5.92 Å². The van der Waals surface area contributed by atoms with Crippen molar-refractivity contribution >= 4 is 40.7 Å². The summed E-state index contributed by atoms with van der Waals surface area (Å²) in [6, 6.07) is 11.2. The third-order valence-electron chi connectivity index (χ3n) is 4.82. The van der Waals surface area contributed by atoms with Crippen molar-refractivity contribution in [2.45, 2.75) is 52.2 Å². The molecule has 9 heteroatoms. The zero-order valence-electron chi connectivity index (χ0n) is 18.8. The zero-order chi connectivity index (χ0) is 24.3. The SMILES string of the molecule is CC[C@H](N)C(=O)N[C@H](C(=O)N[C@@H](C)C(=O)Nc1cccc2ccccc12)C(C)C.O=CO. The number of nitrogens with one attached hydrogen (secondary N) is 3. The second-order valence-corrected chi connectivity index (χ2v) is 7.60. The fraction of sp³-hybridized carbons (Fsp3) is 0.391. The highest BCUT2D eigenvalue weighted by molar-refractivity contribution is 6.04. The number of anilines is 1. The van der Waals surface area contributed by atoms with Crippen LogP contribution in [0.15, 0.2) is 42.5 Å². The second kappa shape index (κ2) is 13.1. The van der Waals surface area contributed by atoms with Crippen LogP contribution in [-0.4, -0.2) is 47.4 Å². The fourth-order valence-electron chi connectivity index (χ4n) is 2.92. The molecule has 3 amide bonds. The van der Waals surface area contributed by atoms with Gasteiger partial charge in [-0.3, -0.25) is 19.2 Å². The van der Waals surface area contributed by atoms with Crippen LogP contribution in [0.5, 0.6) is 0 Å². The number of carboxylic acid groups (broad SMARTS) is 1. The fourth-order valence-corrected chi connectivity index (χ4v) is 2.92. The molecule has 0 bridgehead atoms. The van der Waals surface area contributed by atoms with Crippen LogP contribution in [0.4, 0.5) is 5.69 Å². The molecule has 0 unspecified atom stereocenters. The molecule has 0 aliphatic carbocycles. The van der Waals surface area contributed by atoms with Gasteiger partial charge in [0.15, 0.2) is 0 Å². The number of rotatable bonds is 8. The van der Waals surface area contributed by atoms with E-state index in [0.29, 0.717) is 12.1 Å². The van der Waals surface area contributed by atoms with Crippen molar-refractivity contribution in [2.75, 3.05) is 5.32 Å². The second-order valence-electron chi connectivity index (χ2n) is 7.60. The summed E-state index contributed by atoms with van der Waals surface area (Å²) < 4.78 is 0. The molecule has 0 heterocycles. The Hall–Kier alpha value is -3.46. The van der Waals surface area contributed by atoms with Crippen LogP contribution in [0.1, 0.15) is 34.1 Å². The minimum Gasteiger partial charge on any atom is -0.483 e. The van der Waals surface area contributed by atoms with Crippen molar-refractivity contribution in [1.82, 2.24) is 10.6 Å². The highest BCUT2D eigenvalue weighted by atomic mass is 16.3. The maximum Gasteiger partial charge on any atom is 0.290 e. The van der Waals surface area contributed by atoms with Crippen LogP contribution in [0.3, 0.4) is 0 Å². The van der Waals surface area contributed by atoms with Crippen LogP contribution in [-0.2, 0) is 19.2 Å². The monoisotopic (exact) mass is 444 g/mol. The van der Waals surface area contributed by atoms with E-state index < -0.39 is 24.0 Å². The normalized spacial score (nSPS) is 13.2. The lowest BCUT2D eigenvalue weighted by atomic mass is 10.0. The van der Waals surface area contributed by atoms with E-state index >= 15 is 0 Å². The van der Waals surface area contributed by atoms with Crippen molar-refractivity contribution in [3.63, 3.8) is 0 Å². The molecule has 0 aliphatic heterocycles. The van der Waals surface area contributed by atoms with Crippen molar-refractivity contribution in [3.05, 3.63) is 42.5 Å². The van der Waals surface area contributed by atoms with Crippen LogP contribution in [0.2, 0.25) is 0 Å². The van der Waals surface area contributed by atoms with E-state index in [-0.39, 0.29) is 24.2 Å². The molecule has 6 N–H and O–H groups in total. The van der Waals surface area contributed by atoms with E-state index in [1.165, 1.54) is 0 Å². The van der Waals surface area contributed by atoms with Gasteiger partial charge in [0.05, 0.1) is 6.04 Å². The van der Waals surface area contributed by atoms with Gasteiger partial charge in [0, 0.05) is 11.1 Å². The van der Waals surface area contributed by atoms with Crippen molar-refractivity contribution in [1.29, 1.82) is 0 Å². The molecule has 174 valence electrons. The van der Waals surface area contributed by atoms with E-state index in [1.54, 1.807) is 13.8 Å². The average molecular weight is 445 g/mol. The Labute approximate surface area is 187 Å². The number of hydrogen-bond acceptors (Lipinski definition) is 5. The smallest absolute Gasteiger partial charge is 0.290 e. The van der Waals surface area contributed by atoms with Gasteiger partial charge in [0.2, 0.25) is 17.7 Å². The molecule has 0 aliphatic rings. The van der Waals surface area contributed by atoms with Crippen LogP contribution < -0.4 is 21.7 Å². The third kappa shape index (κ3) is 7.66. The Morgan fingerprint density at radius 1 is 0.969 bits per heavy atom. The first-order valence-electron chi connectivity index (χ1n) is 10.4. The maximum absolute atomic E-state index is 12.7. The maximum atomic E-state index is 12.7. The topological polar surface area (TPSA) is 151 Å². The van der Waals surface area contributed by atoms with E-state index in [9.17, 15) is 14.4 Å². The largest absolute Gasteiger partial charge is 0.483 e. The molecule has 9 nitrogen and oxygen atoms in total. The van der Waals surface area contributed by atoms with Gasteiger partial charge >= 0.3 is 0 Å². The molecule has 2 aromatic rings. The summed E-state index contributed by atoms with van der Waals surface area (Å²) in [6.45, 7) is 6.80. The number of amides is 3. The molecule has 3 atom stereocenters. The lowest BCUT2D eigenvalue weighted by molar-refractivity contribution is -0.132. The summed E-state index contributed by atoms with van der Waals surface area (Å²) in [4.78, 5) is 45.7. The summed E-state index contributed by atoms with van der Waals surface area (Å²) in [5.41, 5.74) is 6.42. The Kier molecular flexibility index (Phi) is 10.8. The van der Waals surface area contributed by atoms with Crippen LogP contribution in [0.25, 0.3) is 10.8 Å². The summed E-state index contributed by atoms with van der Waals surface area (Å²) in [6.07, 6.45) is 0.474. The van der Waals surface area contributed by atoms with E-state index in [1.807, 2.05) is 56.3 Å². The van der Waals surface area contributed by atoms with Gasteiger partial charge in [0.25, 0.3) is 6.47 Å². The van der Waals surface area contributed by atoms with Crippen molar-refractivity contribution < 1.29 is 24.3 Å².